The predicted molar refractivity (Wildman–Crippen MR) is 199 cm³/mol. The molecule has 5 aromatic carbocycles. The van der Waals surface area contributed by atoms with Crippen molar-refractivity contribution in [3.8, 4) is 22.3 Å². The Labute approximate surface area is 277 Å². The molecule has 5 aromatic rings. The average Bonchev–Trinajstić information content (AvgIpc) is 3.35. The van der Waals surface area contributed by atoms with Crippen LogP contribution in [-0.4, -0.2) is 11.5 Å². The second kappa shape index (κ2) is 12.0. The van der Waals surface area contributed by atoms with Crippen LogP contribution in [0.4, 0.5) is 0 Å². The summed E-state index contributed by atoms with van der Waals surface area (Å²) in [4.78, 5) is 10.2. The first-order valence-corrected chi connectivity index (χ1v) is 16.5. The molecular formula is C45H36N2. The molecule has 47 heavy (non-hydrogen) atoms. The molecule has 3 aliphatic rings. The van der Waals surface area contributed by atoms with Crippen LogP contribution in [0.25, 0.3) is 33.5 Å². The maximum Gasteiger partial charge on any atom is 0.160 e. The molecule has 0 saturated carbocycles. The van der Waals surface area contributed by atoms with Crippen LogP contribution in [0.1, 0.15) is 54.5 Å². The van der Waals surface area contributed by atoms with Gasteiger partial charge in [-0.2, -0.15) is 0 Å². The number of benzene rings is 5. The molecule has 2 heteroatoms. The van der Waals surface area contributed by atoms with E-state index in [1.165, 1.54) is 50.1 Å². The molecule has 1 aliphatic heterocycles. The normalized spacial score (nSPS) is 17.5. The summed E-state index contributed by atoms with van der Waals surface area (Å²) in [7, 11) is 0. The number of rotatable bonds is 5. The Hall–Kier alpha value is -5.60. The summed E-state index contributed by atoms with van der Waals surface area (Å²) < 4.78 is 0. The highest BCUT2D eigenvalue weighted by Crippen LogP contribution is 2.49. The van der Waals surface area contributed by atoms with Crippen LogP contribution in [0.3, 0.4) is 0 Å². The van der Waals surface area contributed by atoms with Gasteiger partial charge in [-0.25, -0.2) is 9.98 Å². The molecule has 0 radical (unpaired) electrons. The quantitative estimate of drug-likeness (QED) is 0.191. The Balaban J connectivity index is 1.10. The third-order valence-electron chi connectivity index (χ3n) is 9.69. The van der Waals surface area contributed by atoms with Crippen LogP contribution < -0.4 is 0 Å². The third-order valence-corrected chi connectivity index (χ3v) is 9.69. The van der Waals surface area contributed by atoms with E-state index in [4.69, 9.17) is 9.98 Å². The fourth-order valence-electron chi connectivity index (χ4n) is 7.10. The second-order valence-corrected chi connectivity index (χ2v) is 13.0. The van der Waals surface area contributed by atoms with E-state index in [1.54, 1.807) is 0 Å². The fraction of sp³-hybridized carbons (Fsp3) is 0.111. The standard InChI is InChI=1S/C45H36N2/c1-45(2)40-20-10-9-19-38(40)39-28-27-37(30-41(39)45)36-18-11-17-35(29-36)31-23-25-33(26-24-31)43-22-12-21-42(32-13-5-3-6-14-32)46-44(47-43)34-15-7-4-8-16-34/h3-23,25,27-30H,24,26H2,1-2H3/b21-12?,22-12?,42-21+,43-22?,46-42?,46-44?,47-43?,47-44?. The summed E-state index contributed by atoms with van der Waals surface area (Å²) in [6.45, 7) is 4.69. The van der Waals surface area contributed by atoms with E-state index in [0.29, 0.717) is 0 Å². The van der Waals surface area contributed by atoms with Crippen LogP contribution in [0.15, 0.2) is 173 Å². The summed E-state index contributed by atoms with van der Waals surface area (Å²) >= 11 is 0. The highest BCUT2D eigenvalue weighted by atomic mass is 14.9. The number of aliphatic imine (C=N–C) groups is 2. The Morgan fingerprint density at radius 3 is 1.91 bits per heavy atom. The van der Waals surface area contributed by atoms with Gasteiger partial charge < -0.3 is 0 Å². The zero-order chi connectivity index (χ0) is 31.8. The lowest BCUT2D eigenvalue weighted by atomic mass is 9.81. The highest BCUT2D eigenvalue weighted by Gasteiger charge is 2.35. The molecule has 0 unspecified atom stereocenters. The molecule has 0 saturated heterocycles. The van der Waals surface area contributed by atoms with Gasteiger partial charge >= 0.3 is 0 Å². The lowest BCUT2D eigenvalue weighted by molar-refractivity contribution is 0.660. The molecule has 0 spiro atoms. The predicted octanol–water partition coefficient (Wildman–Crippen LogP) is 11.3. The van der Waals surface area contributed by atoms with Crippen molar-refractivity contribution in [2.24, 2.45) is 9.98 Å². The van der Waals surface area contributed by atoms with Gasteiger partial charge in [0.15, 0.2) is 5.84 Å². The lowest BCUT2D eigenvalue weighted by Crippen LogP contribution is -2.14. The van der Waals surface area contributed by atoms with Crippen molar-refractivity contribution < 1.29 is 0 Å². The largest absolute Gasteiger partial charge is 0.228 e. The maximum atomic E-state index is 5.15. The smallest absolute Gasteiger partial charge is 0.160 e. The van der Waals surface area contributed by atoms with E-state index < -0.39 is 0 Å². The topological polar surface area (TPSA) is 24.7 Å². The number of hydrogen-bond acceptors (Lipinski definition) is 2. The fourth-order valence-corrected chi connectivity index (χ4v) is 7.10. The zero-order valence-electron chi connectivity index (χ0n) is 26.8. The Morgan fingerprint density at radius 2 is 1.13 bits per heavy atom. The monoisotopic (exact) mass is 604 g/mol. The highest BCUT2D eigenvalue weighted by molar-refractivity contribution is 6.18. The van der Waals surface area contributed by atoms with Crippen molar-refractivity contribution in [1.82, 2.24) is 0 Å². The maximum absolute atomic E-state index is 5.15. The Bertz CT molecular complexity index is 2190. The minimum atomic E-state index is -0.00912. The summed E-state index contributed by atoms with van der Waals surface area (Å²) in [5, 5.41) is 0. The molecule has 0 amide bonds. The first-order chi connectivity index (χ1) is 23.0. The molecule has 226 valence electrons. The molecule has 0 N–H and O–H groups in total. The van der Waals surface area contributed by atoms with Crippen molar-refractivity contribution in [1.29, 1.82) is 0 Å². The van der Waals surface area contributed by atoms with E-state index in [0.717, 1.165) is 41.2 Å². The van der Waals surface area contributed by atoms with Gasteiger partial charge in [-0.15, -0.1) is 0 Å². The van der Waals surface area contributed by atoms with E-state index >= 15 is 0 Å². The molecule has 2 nitrogen and oxygen atoms in total. The van der Waals surface area contributed by atoms with Gasteiger partial charge in [-0.05, 0) is 87.2 Å². The van der Waals surface area contributed by atoms with Gasteiger partial charge in [-0.1, -0.05) is 147 Å². The van der Waals surface area contributed by atoms with Crippen LogP contribution >= 0.6 is 0 Å². The van der Waals surface area contributed by atoms with Crippen molar-refractivity contribution >= 4 is 22.8 Å². The van der Waals surface area contributed by atoms with Gasteiger partial charge in [0.25, 0.3) is 0 Å². The van der Waals surface area contributed by atoms with Crippen LogP contribution in [0, 0.1) is 0 Å². The number of hydrogen-bond donors (Lipinski definition) is 0. The molecule has 0 aromatic heterocycles. The third kappa shape index (κ3) is 5.47. The average molecular weight is 605 g/mol. The molecule has 0 bridgehead atoms. The van der Waals surface area contributed by atoms with Crippen molar-refractivity contribution in [3.05, 3.63) is 191 Å². The molecule has 1 heterocycles. The van der Waals surface area contributed by atoms with E-state index in [1.807, 2.05) is 36.4 Å². The summed E-state index contributed by atoms with van der Waals surface area (Å²) in [6, 6.07) is 45.4. The van der Waals surface area contributed by atoms with E-state index in [9.17, 15) is 0 Å². The first-order valence-electron chi connectivity index (χ1n) is 16.5. The Morgan fingerprint density at radius 1 is 0.489 bits per heavy atom. The zero-order valence-corrected chi connectivity index (χ0v) is 26.8. The first kappa shape index (κ1) is 28.8. The number of fused-ring (bicyclic) bond motifs is 3. The second-order valence-electron chi connectivity index (χ2n) is 13.0. The summed E-state index contributed by atoms with van der Waals surface area (Å²) in [6.07, 6.45) is 12.7. The molecular weight excluding hydrogens is 569 g/mol. The summed E-state index contributed by atoms with van der Waals surface area (Å²) in [5.74, 6) is 0.726. The van der Waals surface area contributed by atoms with E-state index in [2.05, 4.69) is 135 Å². The van der Waals surface area contributed by atoms with Gasteiger partial charge in [0.1, 0.15) is 0 Å². The molecule has 0 fully saturated rings. The SMILES string of the molecule is CC1(C)c2ccccc2-c2ccc(-c3cccc(C4=CC=C(C5=NC(c6ccccc6)=N/C(c6ccccc6)=C/C=C5)CC4)c3)cc21. The van der Waals surface area contributed by atoms with Gasteiger partial charge in [0.2, 0.25) is 0 Å². The van der Waals surface area contributed by atoms with E-state index in [-0.39, 0.29) is 5.41 Å². The number of nitrogens with zero attached hydrogens (tertiary/aromatic N) is 2. The minimum absolute atomic E-state index is 0.00912. The molecule has 2 aliphatic carbocycles. The van der Waals surface area contributed by atoms with Crippen molar-refractivity contribution in [3.63, 3.8) is 0 Å². The van der Waals surface area contributed by atoms with Gasteiger partial charge in [-0.3, -0.25) is 0 Å². The number of amidine groups is 1. The van der Waals surface area contributed by atoms with Crippen LogP contribution in [-0.2, 0) is 5.41 Å². The van der Waals surface area contributed by atoms with Crippen molar-refractivity contribution in [2.45, 2.75) is 32.1 Å². The Kier molecular flexibility index (Phi) is 7.34. The minimum Gasteiger partial charge on any atom is -0.228 e. The van der Waals surface area contributed by atoms with Crippen molar-refractivity contribution in [2.75, 3.05) is 0 Å². The lowest BCUT2D eigenvalue weighted by Gasteiger charge is -2.22. The van der Waals surface area contributed by atoms with Gasteiger partial charge in [0, 0.05) is 16.5 Å². The van der Waals surface area contributed by atoms with Gasteiger partial charge in [0.05, 0.1) is 11.4 Å². The summed E-state index contributed by atoms with van der Waals surface area (Å²) in [5.41, 5.74) is 15.8. The van der Waals surface area contributed by atoms with Crippen LogP contribution in [0.5, 0.6) is 0 Å². The molecule has 0 atom stereocenters. The van der Waals surface area contributed by atoms with Crippen LogP contribution in [0.2, 0.25) is 0 Å². The number of allylic oxidation sites excluding steroid dienone is 7. The molecule has 8 rings (SSSR count).